The van der Waals surface area contributed by atoms with E-state index < -0.39 is 0 Å². The molecule has 0 radical (unpaired) electrons. The van der Waals surface area contributed by atoms with Crippen LogP contribution in [0.2, 0.25) is 0 Å². The van der Waals surface area contributed by atoms with Crippen molar-refractivity contribution in [1.29, 1.82) is 0 Å². The van der Waals surface area contributed by atoms with Crippen LogP contribution in [0.15, 0.2) is 101 Å². The molecular weight excluding hydrogens is 757 g/mol. The number of para-hydroxylation sites is 1. The highest BCUT2D eigenvalue weighted by Gasteiger charge is 2.36. The summed E-state index contributed by atoms with van der Waals surface area (Å²) in [5, 5.41) is 4.50. The predicted molar refractivity (Wildman–Crippen MR) is 297 cm³/mol. The van der Waals surface area contributed by atoms with Crippen LogP contribution in [0.25, 0.3) is 94.7 Å². The summed E-state index contributed by atoms with van der Waals surface area (Å²) in [5.41, 5.74) is 25.9. The van der Waals surface area contributed by atoms with E-state index in [1.54, 1.807) is 0 Å². The summed E-state index contributed by atoms with van der Waals surface area (Å²) >= 11 is 0. The van der Waals surface area contributed by atoms with E-state index >= 15 is 0 Å². The van der Waals surface area contributed by atoms with Gasteiger partial charge in [0.2, 0.25) is 0 Å². The maximum absolute atomic E-state index is 6.84. The van der Waals surface area contributed by atoms with Gasteiger partial charge in [0.25, 0.3) is 0 Å². The van der Waals surface area contributed by atoms with Crippen molar-refractivity contribution in [2.45, 2.75) is 19.3 Å². The van der Waals surface area contributed by atoms with Gasteiger partial charge >= 0.3 is 0 Å². The second kappa shape index (κ2) is 13.9. The van der Waals surface area contributed by atoms with E-state index in [-0.39, 0.29) is 5.41 Å². The Bertz CT molecular complexity index is 3540. The smallest absolute Gasteiger partial charge is 0.164 e. The van der Waals surface area contributed by atoms with Gasteiger partial charge in [-0.2, -0.15) is 0 Å². The quantitative estimate of drug-likeness (QED) is 0.167. The SMILES string of the molecule is Bc1c(B)c(B)c(-c2nc(-c3c(B)c(B)c(B)c(B)c3B)nc(-c3cccc4oc5cc(-n6c7ccccc7c7cc8c(cc76)C(C)(C)c6ccccc6-8)ccc5c34)n2)c(B)c1B. The zero-order valence-corrected chi connectivity index (χ0v) is 38.4. The molecule has 0 fully saturated rings. The van der Waals surface area contributed by atoms with E-state index in [9.17, 15) is 0 Å². The standard InChI is InChI=1S/C48H42B10N4O/c1-48(2)26-11-5-3-8-20(26)24-17-25-21-9-4-6-12-28(21)62(29(25)18-27(24)48)19-14-15-22-31(16-19)63-30-13-7-10-23(32(22)30)45-59-46(33-35(49)39(53)43(57)40(54)36(33)50)61-47(60-45)34-37(51)41(55)44(58)42(56)38(34)52/h3-18H,49-58H2,1-2H3. The van der Waals surface area contributed by atoms with Crippen molar-refractivity contribution in [3.63, 3.8) is 0 Å². The van der Waals surface area contributed by atoms with Gasteiger partial charge in [-0.3, -0.25) is 0 Å². The molecule has 0 saturated carbocycles. The molecule has 63 heavy (non-hydrogen) atoms. The minimum Gasteiger partial charge on any atom is -0.456 e. The summed E-state index contributed by atoms with van der Waals surface area (Å²) < 4.78 is 9.25. The number of benzene rings is 7. The number of hydrogen-bond donors (Lipinski definition) is 0. The lowest BCUT2D eigenvalue weighted by molar-refractivity contribution is 0.661. The van der Waals surface area contributed by atoms with Crippen molar-refractivity contribution in [3.8, 4) is 51.0 Å². The Morgan fingerprint density at radius 2 is 0.984 bits per heavy atom. The molecule has 0 aliphatic heterocycles. The molecule has 0 atom stereocenters. The van der Waals surface area contributed by atoms with Gasteiger partial charge in [0, 0.05) is 55.4 Å². The summed E-state index contributed by atoms with van der Waals surface area (Å²) in [6.45, 7) is 4.70. The van der Waals surface area contributed by atoms with Crippen molar-refractivity contribution < 1.29 is 4.42 Å². The fourth-order valence-corrected chi connectivity index (χ4v) is 11.0. The highest BCUT2D eigenvalue weighted by Crippen LogP contribution is 2.51. The first-order valence-electron chi connectivity index (χ1n) is 22.2. The van der Waals surface area contributed by atoms with Gasteiger partial charge in [-0.15, -0.1) is 32.8 Å². The van der Waals surface area contributed by atoms with Crippen LogP contribution < -0.4 is 54.6 Å². The Labute approximate surface area is 377 Å². The minimum absolute atomic E-state index is 0.113. The molecule has 290 valence electrons. The van der Waals surface area contributed by atoms with Crippen molar-refractivity contribution in [1.82, 2.24) is 19.5 Å². The van der Waals surface area contributed by atoms with Crippen molar-refractivity contribution in [3.05, 3.63) is 108 Å². The molecule has 0 amide bonds. The predicted octanol–water partition coefficient (Wildman–Crippen LogP) is -5.24. The number of rotatable bonds is 4. The van der Waals surface area contributed by atoms with Gasteiger partial charge in [0.05, 0.1) is 11.0 Å². The third-order valence-electron chi connectivity index (χ3n) is 15.4. The van der Waals surface area contributed by atoms with Crippen LogP contribution in [0.4, 0.5) is 0 Å². The normalized spacial score (nSPS) is 13.0. The van der Waals surface area contributed by atoms with Crippen LogP contribution in [-0.2, 0) is 5.41 Å². The number of nitrogens with zero attached hydrogens (tertiary/aromatic N) is 4. The number of fused-ring (bicyclic) bond motifs is 9. The van der Waals surface area contributed by atoms with Crippen LogP contribution in [-0.4, -0.2) is 98.0 Å². The van der Waals surface area contributed by atoms with Crippen molar-refractivity contribution in [2.75, 3.05) is 0 Å². The summed E-state index contributed by atoms with van der Waals surface area (Å²) in [6, 6.07) is 35.4. The molecule has 15 heteroatoms. The molecule has 1 aliphatic rings. The second-order valence-electron chi connectivity index (χ2n) is 18.7. The lowest BCUT2D eigenvalue weighted by atomic mass is 9.60. The molecule has 0 bridgehead atoms. The second-order valence-corrected chi connectivity index (χ2v) is 18.7. The lowest BCUT2D eigenvalue weighted by Crippen LogP contribution is -2.55. The van der Waals surface area contributed by atoms with Crippen LogP contribution in [0.5, 0.6) is 0 Å². The van der Waals surface area contributed by atoms with Gasteiger partial charge < -0.3 is 8.98 Å². The molecule has 3 heterocycles. The Kier molecular flexibility index (Phi) is 8.74. The van der Waals surface area contributed by atoms with Crippen LogP contribution in [0, 0.1) is 0 Å². The largest absolute Gasteiger partial charge is 0.456 e. The Balaban J connectivity index is 1.14. The summed E-state index contributed by atoms with van der Waals surface area (Å²) in [6.07, 6.45) is 0. The molecule has 7 aromatic carbocycles. The molecule has 5 nitrogen and oxygen atoms in total. The molecule has 1 aliphatic carbocycles. The maximum Gasteiger partial charge on any atom is 0.164 e. The van der Waals surface area contributed by atoms with E-state index in [4.69, 9.17) is 19.4 Å². The first-order valence-corrected chi connectivity index (χ1v) is 22.2. The average Bonchev–Trinajstić information content (AvgIpc) is 3.90. The van der Waals surface area contributed by atoms with Crippen LogP contribution in [0.1, 0.15) is 25.0 Å². The number of hydrogen-bond acceptors (Lipinski definition) is 4. The third kappa shape index (κ3) is 5.54. The molecule has 0 N–H and O–H groups in total. The van der Waals surface area contributed by atoms with E-state index in [2.05, 4.69) is 194 Å². The van der Waals surface area contributed by atoms with Crippen LogP contribution >= 0.6 is 0 Å². The highest BCUT2D eigenvalue weighted by atomic mass is 16.3. The van der Waals surface area contributed by atoms with Crippen molar-refractivity contribution in [2.24, 2.45) is 0 Å². The molecule has 11 rings (SSSR count). The van der Waals surface area contributed by atoms with Gasteiger partial charge in [-0.1, -0.05) is 90.3 Å². The maximum atomic E-state index is 6.84. The zero-order chi connectivity index (χ0) is 44.0. The zero-order valence-electron chi connectivity index (χ0n) is 38.4. The summed E-state index contributed by atoms with van der Waals surface area (Å²) in [5.74, 6) is 2.03. The average molecular weight is 799 g/mol. The van der Waals surface area contributed by atoms with Gasteiger partial charge in [-0.25, -0.2) is 15.0 Å². The molecule has 0 saturated heterocycles. The molecule has 10 aromatic rings. The topological polar surface area (TPSA) is 56.7 Å². The monoisotopic (exact) mass is 800 g/mol. The Morgan fingerprint density at radius 1 is 0.429 bits per heavy atom. The van der Waals surface area contributed by atoms with Gasteiger partial charge in [0.1, 0.15) is 89.6 Å². The summed E-state index contributed by atoms with van der Waals surface area (Å²) in [4.78, 5) is 16.2. The Hall–Kier alpha value is -6.20. The third-order valence-corrected chi connectivity index (χ3v) is 15.4. The molecular formula is C48H42B10N4O. The molecule has 0 spiro atoms. The first-order chi connectivity index (χ1) is 30.2. The first kappa shape index (κ1) is 39.6. The van der Waals surface area contributed by atoms with E-state index in [0.29, 0.717) is 17.5 Å². The Morgan fingerprint density at radius 3 is 1.63 bits per heavy atom. The fourth-order valence-electron chi connectivity index (χ4n) is 11.0. The summed E-state index contributed by atoms with van der Waals surface area (Å²) in [7, 11) is 22.1. The minimum atomic E-state index is -0.113. The molecule has 0 unspecified atom stereocenters. The van der Waals surface area contributed by atoms with Gasteiger partial charge in [-0.05, 0) is 58.7 Å². The fraction of sp³-hybridized carbons (Fsp3) is 0.0625. The number of aromatic nitrogens is 4. The lowest BCUT2D eigenvalue weighted by Gasteiger charge is -2.22. The van der Waals surface area contributed by atoms with E-state index in [1.807, 2.05) is 0 Å². The number of furan rings is 1. The highest BCUT2D eigenvalue weighted by molar-refractivity contribution is 6.70. The van der Waals surface area contributed by atoms with Gasteiger partial charge in [0.15, 0.2) is 17.5 Å². The van der Waals surface area contributed by atoms with E-state index in [0.717, 1.165) is 44.3 Å². The van der Waals surface area contributed by atoms with Crippen molar-refractivity contribution >= 4 is 177 Å². The molecule has 3 aromatic heterocycles. The van der Waals surface area contributed by atoms with Crippen LogP contribution in [0.3, 0.4) is 0 Å². The van der Waals surface area contributed by atoms with E-state index in [1.165, 1.54) is 98.7 Å².